The molecule has 0 spiro atoms. The Labute approximate surface area is 149 Å². The van der Waals surface area contributed by atoms with E-state index in [0.29, 0.717) is 0 Å². The summed E-state index contributed by atoms with van der Waals surface area (Å²) in [5, 5.41) is 25.1. The lowest BCUT2D eigenvalue weighted by atomic mass is 10.1. The van der Waals surface area contributed by atoms with Gasteiger partial charge in [0.25, 0.3) is 0 Å². The molecule has 0 aliphatic carbocycles. The number of primary amides is 1. The van der Waals surface area contributed by atoms with Crippen molar-refractivity contribution in [2.24, 2.45) is 11.5 Å². The van der Waals surface area contributed by atoms with Crippen LogP contribution in [0.15, 0.2) is 0 Å². The van der Waals surface area contributed by atoms with Crippen LogP contribution in [0.4, 0.5) is 0 Å². The third-order valence-electron chi connectivity index (χ3n) is 3.25. The lowest BCUT2D eigenvalue weighted by Crippen LogP contribution is -2.59. The SMILES string of the molecule is CC(N)C(=O)NC(C(=O)NC(C)C(=O)NC(CC(N)=O)C(=O)O)C(C)O. The van der Waals surface area contributed by atoms with Gasteiger partial charge in [-0.25, -0.2) is 4.79 Å². The van der Waals surface area contributed by atoms with E-state index < -0.39 is 66.3 Å². The van der Waals surface area contributed by atoms with E-state index >= 15 is 0 Å². The molecule has 4 amide bonds. The maximum atomic E-state index is 12.2. The fraction of sp³-hybridized carbons (Fsp3) is 0.643. The number of carboxylic acids is 1. The molecule has 0 aromatic rings. The van der Waals surface area contributed by atoms with Crippen molar-refractivity contribution in [2.45, 2.75) is 57.5 Å². The van der Waals surface area contributed by atoms with E-state index in [2.05, 4.69) is 16.0 Å². The highest BCUT2D eigenvalue weighted by Gasteiger charge is 2.30. The van der Waals surface area contributed by atoms with Crippen LogP contribution in [0.3, 0.4) is 0 Å². The number of hydrogen-bond acceptors (Lipinski definition) is 7. The summed E-state index contributed by atoms with van der Waals surface area (Å²) in [5.41, 5.74) is 10.3. The Morgan fingerprint density at radius 3 is 1.85 bits per heavy atom. The molecule has 26 heavy (non-hydrogen) atoms. The van der Waals surface area contributed by atoms with Crippen LogP contribution in [0.2, 0.25) is 0 Å². The zero-order chi connectivity index (χ0) is 20.6. The Hall–Kier alpha value is -2.73. The third-order valence-corrected chi connectivity index (χ3v) is 3.25. The van der Waals surface area contributed by atoms with E-state index in [1.807, 2.05) is 0 Å². The molecule has 0 saturated heterocycles. The van der Waals surface area contributed by atoms with Gasteiger partial charge in [-0.2, -0.15) is 0 Å². The van der Waals surface area contributed by atoms with Crippen molar-refractivity contribution in [3.05, 3.63) is 0 Å². The van der Waals surface area contributed by atoms with Crippen LogP contribution in [0.1, 0.15) is 27.2 Å². The molecule has 12 heteroatoms. The van der Waals surface area contributed by atoms with Gasteiger partial charge in [-0.1, -0.05) is 0 Å². The molecule has 0 bridgehead atoms. The van der Waals surface area contributed by atoms with Gasteiger partial charge < -0.3 is 37.6 Å². The largest absolute Gasteiger partial charge is 0.480 e. The molecular formula is C14H25N5O7. The summed E-state index contributed by atoms with van der Waals surface area (Å²) in [4.78, 5) is 57.6. The third kappa shape index (κ3) is 7.90. The first kappa shape index (κ1) is 23.3. The summed E-state index contributed by atoms with van der Waals surface area (Å²) < 4.78 is 0. The summed E-state index contributed by atoms with van der Waals surface area (Å²) in [6, 6.07) is -5.06. The monoisotopic (exact) mass is 375 g/mol. The number of hydrogen-bond donors (Lipinski definition) is 7. The summed E-state index contributed by atoms with van der Waals surface area (Å²) in [5.74, 6) is -4.85. The zero-order valence-electron chi connectivity index (χ0n) is 14.7. The number of aliphatic hydroxyl groups excluding tert-OH is 1. The summed E-state index contributed by atoms with van der Waals surface area (Å²) >= 11 is 0. The predicted molar refractivity (Wildman–Crippen MR) is 88.2 cm³/mol. The molecule has 0 heterocycles. The van der Waals surface area contributed by atoms with Gasteiger partial charge in [0.15, 0.2) is 0 Å². The molecular weight excluding hydrogens is 350 g/mol. The average Bonchev–Trinajstić information content (AvgIpc) is 2.50. The smallest absolute Gasteiger partial charge is 0.326 e. The molecule has 0 aliphatic heterocycles. The first-order valence-corrected chi connectivity index (χ1v) is 7.72. The van der Waals surface area contributed by atoms with Gasteiger partial charge in [0.1, 0.15) is 18.1 Å². The zero-order valence-corrected chi connectivity index (χ0v) is 14.7. The van der Waals surface area contributed by atoms with Crippen molar-refractivity contribution >= 4 is 29.6 Å². The van der Waals surface area contributed by atoms with Gasteiger partial charge in [0.2, 0.25) is 23.6 Å². The van der Waals surface area contributed by atoms with Crippen molar-refractivity contribution in [1.29, 1.82) is 0 Å². The number of rotatable bonds is 10. The number of aliphatic hydroxyl groups is 1. The maximum Gasteiger partial charge on any atom is 0.326 e. The fourth-order valence-electron chi connectivity index (χ4n) is 1.76. The Morgan fingerprint density at radius 1 is 0.923 bits per heavy atom. The molecule has 0 saturated carbocycles. The van der Waals surface area contributed by atoms with E-state index in [1.54, 1.807) is 0 Å². The van der Waals surface area contributed by atoms with Crippen LogP contribution in [0, 0.1) is 0 Å². The molecule has 0 radical (unpaired) electrons. The highest BCUT2D eigenvalue weighted by molar-refractivity contribution is 5.94. The van der Waals surface area contributed by atoms with Crippen LogP contribution < -0.4 is 27.4 Å². The normalized spacial score (nSPS) is 16.3. The van der Waals surface area contributed by atoms with Crippen LogP contribution in [-0.4, -0.2) is 70.1 Å². The second-order valence-electron chi connectivity index (χ2n) is 5.82. The average molecular weight is 375 g/mol. The van der Waals surface area contributed by atoms with Crippen LogP contribution in [0.25, 0.3) is 0 Å². The van der Waals surface area contributed by atoms with E-state index in [1.165, 1.54) is 20.8 Å². The van der Waals surface area contributed by atoms with Crippen LogP contribution in [0.5, 0.6) is 0 Å². The Kier molecular flexibility index (Phi) is 9.22. The Balaban J connectivity index is 4.93. The van der Waals surface area contributed by atoms with Crippen LogP contribution in [-0.2, 0) is 24.0 Å². The van der Waals surface area contributed by atoms with Gasteiger partial charge >= 0.3 is 5.97 Å². The number of nitrogens with two attached hydrogens (primary N) is 2. The molecule has 0 aliphatic rings. The van der Waals surface area contributed by atoms with Crippen LogP contribution >= 0.6 is 0 Å². The van der Waals surface area contributed by atoms with Crippen molar-refractivity contribution < 1.29 is 34.2 Å². The first-order valence-electron chi connectivity index (χ1n) is 7.72. The molecule has 0 rings (SSSR count). The summed E-state index contributed by atoms with van der Waals surface area (Å²) in [7, 11) is 0. The van der Waals surface area contributed by atoms with Gasteiger partial charge in [-0.3, -0.25) is 19.2 Å². The highest BCUT2D eigenvalue weighted by Crippen LogP contribution is 1.98. The topological polar surface area (TPSA) is 214 Å². The lowest BCUT2D eigenvalue weighted by molar-refractivity contribution is -0.143. The Morgan fingerprint density at radius 2 is 1.46 bits per heavy atom. The highest BCUT2D eigenvalue weighted by atomic mass is 16.4. The van der Waals surface area contributed by atoms with E-state index in [-0.39, 0.29) is 0 Å². The van der Waals surface area contributed by atoms with Gasteiger partial charge in [-0.15, -0.1) is 0 Å². The minimum Gasteiger partial charge on any atom is -0.480 e. The van der Waals surface area contributed by atoms with E-state index in [4.69, 9.17) is 16.6 Å². The molecule has 5 unspecified atom stereocenters. The molecule has 5 atom stereocenters. The second-order valence-corrected chi connectivity index (χ2v) is 5.82. The minimum absolute atomic E-state index is 0.623. The number of carboxylic acid groups (broad SMARTS) is 1. The summed E-state index contributed by atoms with van der Waals surface area (Å²) in [6.45, 7) is 3.89. The maximum absolute atomic E-state index is 12.2. The van der Waals surface area contributed by atoms with Crippen molar-refractivity contribution in [1.82, 2.24) is 16.0 Å². The number of amides is 4. The lowest BCUT2D eigenvalue weighted by Gasteiger charge is -2.24. The van der Waals surface area contributed by atoms with Gasteiger partial charge in [0.05, 0.1) is 18.6 Å². The summed E-state index contributed by atoms with van der Waals surface area (Å²) in [6.07, 6.45) is -1.91. The van der Waals surface area contributed by atoms with E-state index in [0.717, 1.165) is 0 Å². The van der Waals surface area contributed by atoms with Gasteiger partial charge in [0, 0.05) is 0 Å². The molecule has 9 N–H and O–H groups in total. The molecule has 0 fully saturated rings. The predicted octanol–water partition coefficient (Wildman–Crippen LogP) is -3.85. The second kappa shape index (κ2) is 10.3. The number of carbonyl (C=O) groups is 5. The van der Waals surface area contributed by atoms with Gasteiger partial charge in [-0.05, 0) is 20.8 Å². The number of aliphatic carboxylic acids is 1. The Bertz CT molecular complexity index is 564. The molecule has 0 aromatic carbocycles. The van der Waals surface area contributed by atoms with Crippen molar-refractivity contribution in [2.75, 3.05) is 0 Å². The fourth-order valence-corrected chi connectivity index (χ4v) is 1.76. The quantitative estimate of drug-likeness (QED) is 0.200. The molecule has 148 valence electrons. The van der Waals surface area contributed by atoms with Crippen molar-refractivity contribution in [3.63, 3.8) is 0 Å². The minimum atomic E-state index is -1.55. The van der Waals surface area contributed by atoms with Crippen molar-refractivity contribution in [3.8, 4) is 0 Å². The van der Waals surface area contributed by atoms with E-state index in [9.17, 15) is 29.1 Å². The number of nitrogens with one attached hydrogen (secondary N) is 3. The standard InChI is InChI=1S/C14H25N5O7/c1-5(15)11(22)19-10(7(3)20)13(24)17-6(2)12(23)18-8(14(25)26)4-9(16)21/h5-8,10,20H,4,15H2,1-3H3,(H2,16,21)(H,17,24)(H,18,23)(H,19,22)(H,25,26). The first-order chi connectivity index (χ1) is 11.9. The molecule has 12 nitrogen and oxygen atoms in total. The molecule has 0 aromatic heterocycles. The number of carbonyl (C=O) groups excluding carboxylic acids is 4.